The van der Waals surface area contributed by atoms with E-state index in [1.165, 1.54) is 6.92 Å². The van der Waals surface area contributed by atoms with E-state index in [0.717, 1.165) is 12.1 Å². The van der Waals surface area contributed by atoms with Crippen molar-refractivity contribution in [2.24, 2.45) is 0 Å². The van der Waals surface area contributed by atoms with Gasteiger partial charge in [-0.25, -0.2) is 4.39 Å². The maximum absolute atomic E-state index is 12.9. The second-order valence-electron chi connectivity index (χ2n) is 2.60. The van der Waals surface area contributed by atoms with Crippen LogP contribution in [-0.4, -0.2) is 10.2 Å². The van der Waals surface area contributed by atoms with Crippen LogP contribution in [0.5, 0.6) is 0 Å². The first kappa shape index (κ1) is 10.6. The summed E-state index contributed by atoms with van der Waals surface area (Å²) < 4.78 is 12.9. The molecule has 0 heterocycles. The number of benzene rings is 1. The molecule has 74 valence electrons. The van der Waals surface area contributed by atoms with E-state index in [4.69, 9.17) is 11.6 Å². The van der Waals surface area contributed by atoms with E-state index in [-0.39, 0.29) is 11.1 Å². The Morgan fingerprint density at radius 1 is 1.57 bits per heavy atom. The Balaban J connectivity index is 3.53. The third-order valence-corrected chi connectivity index (χ3v) is 1.96. The molecule has 4 nitrogen and oxygen atoms in total. The van der Waals surface area contributed by atoms with E-state index in [2.05, 4.69) is 0 Å². The standard InChI is InChI=1S/C8H5ClFNO3/c1-4-6(10)3-2-5(8(9)12)7(4)11(13)14/h2-3H,1H3. The van der Waals surface area contributed by atoms with Gasteiger partial charge in [-0.2, -0.15) is 0 Å². The number of carbonyl (C=O) groups is 1. The van der Waals surface area contributed by atoms with Gasteiger partial charge in [-0.3, -0.25) is 14.9 Å². The molecule has 1 aromatic carbocycles. The van der Waals surface area contributed by atoms with Crippen LogP contribution in [0.3, 0.4) is 0 Å². The number of nitrogens with zero attached hydrogens (tertiary/aromatic N) is 1. The molecule has 6 heteroatoms. The Labute approximate surface area is 83.4 Å². The molecule has 0 radical (unpaired) electrons. The Hall–Kier alpha value is -1.49. The number of nitro benzene ring substituents is 1. The van der Waals surface area contributed by atoms with Crippen LogP contribution >= 0.6 is 11.6 Å². The highest BCUT2D eigenvalue weighted by Gasteiger charge is 2.23. The predicted octanol–water partition coefficient (Wildman–Crippen LogP) is 2.42. The minimum Gasteiger partial charge on any atom is -0.275 e. The van der Waals surface area contributed by atoms with Gasteiger partial charge in [-0.15, -0.1) is 0 Å². The van der Waals surface area contributed by atoms with Crippen molar-refractivity contribution in [1.29, 1.82) is 0 Å². The molecular weight excluding hydrogens is 213 g/mol. The van der Waals surface area contributed by atoms with Crippen molar-refractivity contribution in [2.75, 3.05) is 0 Å². The first-order valence-corrected chi connectivity index (χ1v) is 3.96. The fraction of sp³-hybridized carbons (Fsp3) is 0.125. The molecule has 0 aliphatic rings. The number of hydrogen-bond donors (Lipinski definition) is 0. The van der Waals surface area contributed by atoms with Crippen molar-refractivity contribution in [1.82, 2.24) is 0 Å². The molecule has 14 heavy (non-hydrogen) atoms. The van der Waals surface area contributed by atoms with Crippen molar-refractivity contribution in [2.45, 2.75) is 6.92 Å². The van der Waals surface area contributed by atoms with Gasteiger partial charge in [0.05, 0.1) is 10.5 Å². The van der Waals surface area contributed by atoms with Gasteiger partial charge >= 0.3 is 0 Å². The van der Waals surface area contributed by atoms with Crippen molar-refractivity contribution in [3.05, 3.63) is 39.2 Å². The molecule has 0 aliphatic carbocycles. The Morgan fingerprint density at radius 3 is 2.57 bits per heavy atom. The van der Waals surface area contributed by atoms with E-state index in [9.17, 15) is 19.3 Å². The lowest BCUT2D eigenvalue weighted by Gasteiger charge is -2.01. The van der Waals surface area contributed by atoms with Crippen LogP contribution in [0.2, 0.25) is 0 Å². The minimum absolute atomic E-state index is 0.193. The molecule has 0 saturated carbocycles. The molecule has 0 N–H and O–H groups in total. The fourth-order valence-electron chi connectivity index (χ4n) is 1.07. The highest BCUT2D eigenvalue weighted by Crippen LogP contribution is 2.26. The fourth-order valence-corrected chi connectivity index (χ4v) is 1.22. The van der Waals surface area contributed by atoms with Gasteiger partial charge in [0.25, 0.3) is 10.9 Å². The van der Waals surface area contributed by atoms with Gasteiger partial charge in [0.2, 0.25) is 0 Å². The van der Waals surface area contributed by atoms with Crippen LogP contribution < -0.4 is 0 Å². The summed E-state index contributed by atoms with van der Waals surface area (Å²) in [6, 6.07) is 1.97. The van der Waals surface area contributed by atoms with Gasteiger partial charge in [0, 0.05) is 0 Å². The molecule has 0 aliphatic heterocycles. The van der Waals surface area contributed by atoms with E-state index in [1.54, 1.807) is 0 Å². The molecule has 0 amide bonds. The topological polar surface area (TPSA) is 60.2 Å². The van der Waals surface area contributed by atoms with Crippen LogP contribution in [0, 0.1) is 22.9 Å². The number of hydrogen-bond acceptors (Lipinski definition) is 3. The van der Waals surface area contributed by atoms with E-state index in [0.29, 0.717) is 0 Å². The van der Waals surface area contributed by atoms with Gasteiger partial charge in [0.1, 0.15) is 11.4 Å². The molecule has 0 spiro atoms. The van der Waals surface area contributed by atoms with Gasteiger partial charge in [0.15, 0.2) is 0 Å². The van der Waals surface area contributed by atoms with Crippen molar-refractivity contribution in [3.8, 4) is 0 Å². The Bertz CT molecular complexity index is 419. The average Bonchev–Trinajstić information content (AvgIpc) is 2.08. The molecule has 0 saturated heterocycles. The molecule has 0 bridgehead atoms. The van der Waals surface area contributed by atoms with Gasteiger partial charge < -0.3 is 0 Å². The van der Waals surface area contributed by atoms with E-state index in [1.807, 2.05) is 0 Å². The number of rotatable bonds is 2. The van der Waals surface area contributed by atoms with Crippen LogP contribution in [0.1, 0.15) is 15.9 Å². The number of nitro groups is 1. The zero-order valence-corrected chi connectivity index (χ0v) is 7.84. The molecule has 0 fully saturated rings. The Morgan fingerprint density at radius 2 is 2.14 bits per heavy atom. The largest absolute Gasteiger partial charge is 0.287 e. The first-order chi connectivity index (χ1) is 6.45. The summed E-state index contributed by atoms with van der Waals surface area (Å²) in [6.45, 7) is 1.22. The summed E-state index contributed by atoms with van der Waals surface area (Å²) in [4.78, 5) is 20.5. The highest BCUT2D eigenvalue weighted by atomic mass is 35.5. The summed E-state index contributed by atoms with van der Waals surface area (Å²) >= 11 is 5.11. The lowest BCUT2D eigenvalue weighted by molar-refractivity contribution is -0.385. The second-order valence-corrected chi connectivity index (χ2v) is 2.94. The van der Waals surface area contributed by atoms with Crippen LogP contribution in [0.25, 0.3) is 0 Å². The van der Waals surface area contributed by atoms with Crippen molar-refractivity contribution >= 4 is 22.5 Å². The summed E-state index contributed by atoms with van der Waals surface area (Å²) in [7, 11) is 0. The van der Waals surface area contributed by atoms with E-state index < -0.39 is 21.7 Å². The summed E-state index contributed by atoms with van der Waals surface area (Å²) in [5.41, 5.74) is -1.07. The monoisotopic (exact) mass is 217 g/mol. The molecular formula is C8H5ClFNO3. The normalized spacial score (nSPS) is 9.93. The van der Waals surface area contributed by atoms with Gasteiger partial charge in [-0.1, -0.05) is 0 Å². The van der Waals surface area contributed by atoms with Gasteiger partial charge in [-0.05, 0) is 30.7 Å². The van der Waals surface area contributed by atoms with Crippen molar-refractivity contribution in [3.63, 3.8) is 0 Å². The predicted molar refractivity (Wildman–Crippen MR) is 48.0 cm³/mol. The Kier molecular flexibility index (Phi) is 2.81. The second kappa shape index (κ2) is 3.71. The zero-order chi connectivity index (χ0) is 10.9. The third kappa shape index (κ3) is 1.72. The van der Waals surface area contributed by atoms with Crippen LogP contribution in [-0.2, 0) is 0 Å². The van der Waals surface area contributed by atoms with Crippen LogP contribution in [0.4, 0.5) is 10.1 Å². The highest BCUT2D eigenvalue weighted by molar-refractivity contribution is 6.68. The molecule has 0 unspecified atom stereocenters. The average molecular weight is 218 g/mol. The maximum atomic E-state index is 12.9. The maximum Gasteiger partial charge on any atom is 0.287 e. The summed E-state index contributed by atoms with van der Waals surface area (Å²) in [6.07, 6.45) is 0. The SMILES string of the molecule is Cc1c(F)ccc(C(=O)Cl)c1[N+](=O)[O-]. The summed E-state index contributed by atoms with van der Waals surface area (Å²) in [5.74, 6) is -0.738. The number of carbonyl (C=O) groups excluding carboxylic acids is 1. The lowest BCUT2D eigenvalue weighted by atomic mass is 10.1. The van der Waals surface area contributed by atoms with Crippen molar-refractivity contribution < 1.29 is 14.1 Å². The first-order valence-electron chi connectivity index (χ1n) is 3.58. The summed E-state index contributed by atoms with van der Waals surface area (Å²) in [5, 5.41) is 9.55. The molecule has 0 aromatic heterocycles. The molecule has 1 aromatic rings. The number of halogens is 2. The zero-order valence-electron chi connectivity index (χ0n) is 7.08. The smallest absolute Gasteiger partial charge is 0.275 e. The van der Waals surface area contributed by atoms with Crippen LogP contribution in [0.15, 0.2) is 12.1 Å². The third-order valence-electron chi connectivity index (χ3n) is 1.76. The molecule has 0 atom stereocenters. The lowest BCUT2D eigenvalue weighted by Crippen LogP contribution is -2.02. The quantitative estimate of drug-likeness (QED) is 0.434. The van der Waals surface area contributed by atoms with E-state index >= 15 is 0 Å². The minimum atomic E-state index is -0.972. The molecule has 1 rings (SSSR count).